The molecule has 0 aliphatic rings. The molecule has 238 valence electrons. The summed E-state index contributed by atoms with van der Waals surface area (Å²) in [6, 6.07) is 38.6. The maximum Gasteiger partial charge on any atom is 0.211 e. The van der Waals surface area contributed by atoms with Gasteiger partial charge in [0.1, 0.15) is 22.9 Å². The van der Waals surface area contributed by atoms with Crippen LogP contribution in [0.5, 0.6) is 11.5 Å². The van der Waals surface area contributed by atoms with Gasteiger partial charge in [-0.2, -0.15) is 10.2 Å². The summed E-state index contributed by atoms with van der Waals surface area (Å²) in [4.78, 5) is 1.76. The van der Waals surface area contributed by atoms with Crippen LogP contribution >= 0.6 is 22.7 Å². The Labute approximate surface area is 285 Å². The molecule has 4 aromatic carbocycles. The molecule has 2 N–H and O–H groups in total. The van der Waals surface area contributed by atoms with E-state index in [1.54, 1.807) is 14.2 Å². The summed E-state index contributed by atoms with van der Waals surface area (Å²) < 4.78 is 11.4. The monoisotopic (exact) mass is 670 g/mol. The zero-order valence-electron chi connectivity index (χ0n) is 26.0. The molecule has 0 radical (unpaired) electrons. The van der Waals surface area contributed by atoms with E-state index in [1.807, 2.05) is 132 Å². The number of methoxy groups -OCH3 is 2. The van der Waals surface area contributed by atoms with Crippen molar-refractivity contribution in [2.24, 2.45) is 30.7 Å². The first-order valence-electron chi connectivity index (χ1n) is 14.8. The van der Waals surface area contributed by atoms with Crippen LogP contribution in [0.3, 0.4) is 0 Å². The largest absolute Gasteiger partial charge is 0.494 e. The summed E-state index contributed by atoms with van der Waals surface area (Å²) in [7, 11) is 3.21. The van der Waals surface area contributed by atoms with Crippen LogP contribution in [0.4, 0.5) is 22.7 Å². The van der Waals surface area contributed by atoms with E-state index < -0.39 is 0 Å². The maximum absolute atomic E-state index is 5.71. The highest BCUT2D eigenvalue weighted by molar-refractivity contribution is 7.12. The molecule has 0 fully saturated rings. The Morgan fingerprint density at radius 2 is 0.958 bits per heavy atom. The van der Waals surface area contributed by atoms with Gasteiger partial charge in [0, 0.05) is 0 Å². The van der Waals surface area contributed by atoms with Gasteiger partial charge in [-0.3, -0.25) is 10.9 Å². The molecule has 0 unspecified atom stereocenters. The van der Waals surface area contributed by atoms with Crippen molar-refractivity contribution in [2.45, 2.75) is 0 Å². The molecule has 10 nitrogen and oxygen atoms in total. The Morgan fingerprint density at radius 1 is 0.521 bits per heavy atom. The van der Waals surface area contributed by atoms with Gasteiger partial charge in [0.05, 0.1) is 35.3 Å². The Kier molecular flexibility index (Phi) is 10.7. The smallest absolute Gasteiger partial charge is 0.211 e. The molecule has 2 heterocycles. The van der Waals surface area contributed by atoms with Gasteiger partial charge in [-0.25, -0.2) is 0 Å². The van der Waals surface area contributed by atoms with Gasteiger partial charge in [0.25, 0.3) is 0 Å². The fraction of sp³-hybridized carbons (Fsp3) is 0.0556. The molecule has 0 saturated heterocycles. The molecular weight excluding hydrogens is 641 g/mol. The first-order chi connectivity index (χ1) is 23.7. The molecule has 2 aromatic heterocycles. The third-order valence-electron chi connectivity index (χ3n) is 6.81. The van der Waals surface area contributed by atoms with E-state index in [1.165, 1.54) is 22.7 Å². The number of azo groups is 2. The normalized spacial score (nSPS) is 12.0. The lowest BCUT2D eigenvalue weighted by Gasteiger charge is -2.10. The average molecular weight is 671 g/mol. The number of hydrogen-bond acceptors (Lipinski definition) is 10. The Morgan fingerprint density at radius 3 is 1.33 bits per heavy atom. The van der Waals surface area contributed by atoms with E-state index in [-0.39, 0.29) is 0 Å². The highest BCUT2D eigenvalue weighted by Crippen LogP contribution is 2.37. The number of thiophene rings is 2. The minimum Gasteiger partial charge on any atom is -0.494 e. The number of anilines is 2. The number of hydrazone groups is 2. The molecule has 48 heavy (non-hydrogen) atoms. The lowest BCUT2D eigenvalue weighted by molar-refractivity contribution is 0.415. The molecule has 12 heteroatoms. The first-order valence-corrected chi connectivity index (χ1v) is 16.5. The molecule has 0 aliphatic carbocycles. The van der Waals surface area contributed by atoms with Crippen molar-refractivity contribution < 1.29 is 9.47 Å². The number of nitrogens with one attached hydrogen (secondary N) is 2. The van der Waals surface area contributed by atoms with E-state index >= 15 is 0 Å². The van der Waals surface area contributed by atoms with Gasteiger partial charge in [0.15, 0.2) is 0 Å². The van der Waals surface area contributed by atoms with Crippen LogP contribution in [0.15, 0.2) is 163 Å². The fourth-order valence-corrected chi connectivity index (χ4v) is 5.71. The average Bonchev–Trinajstić information content (AvgIpc) is 3.89. The van der Waals surface area contributed by atoms with Crippen LogP contribution in [0.2, 0.25) is 0 Å². The molecule has 0 bridgehead atoms. The predicted octanol–water partition coefficient (Wildman–Crippen LogP) is 10.6. The summed E-state index contributed by atoms with van der Waals surface area (Å²) in [5.41, 5.74) is 10.7. The molecule has 0 saturated carbocycles. The van der Waals surface area contributed by atoms with Crippen molar-refractivity contribution in [3.05, 3.63) is 142 Å². The maximum atomic E-state index is 5.71. The minimum atomic E-state index is 0.456. The SMILES string of the molecule is COc1cc(-c2ccc(N=N/C(=N/Nc3ccccc3)c3cccs3)c(OC)c2)ccc1N=N/C(=N/Nc1ccccc1)c1cccs1. The van der Waals surface area contributed by atoms with Crippen LogP contribution in [-0.4, -0.2) is 25.9 Å². The summed E-state index contributed by atoms with van der Waals surface area (Å²) in [6.45, 7) is 0. The third kappa shape index (κ3) is 8.23. The number of para-hydroxylation sites is 2. The van der Waals surface area contributed by atoms with Crippen molar-refractivity contribution in [3.8, 4) is 22.6 Å². The van der Waals surface area contributed by atoms with Crippen molar-refractivity contribution in [2.75, 3.05) is 25.1 Å². The minimum absolute atomic E-state index is 0.456. The van der Waals surface area contributed by atoms with Gasteiger partial charge < -0.3 is 9.47 Å². The third-order valence-corrected chi connectivity index (χ3v) is 8.54. The van der Waals surface area contributed by atoms with E-state index in [0.717, 1.165) is 32.3 Å². The summed E-state index contributed by atoms with van der Waals surface area (Å²) in [6.07, 6.45) is 0. The van der Waals surface area contributed by atoms with Gasteiger partial charge in [-0.05, 0) is 82.6 Å². The summed E-state index contributed by atoms with van der Waals surface area (Å²) in [5, 5.41) is 30.9. The van der Waals surface area contributed by atoms with Crippen LogP contribution < -0.4 is 20.3 Å². The zero-order chi connectivity index (χ0) is 33.0. The van der Waals surface area contributed by atoms with Gasteiger partial charge in [-0.15, -0.1) is 43.1 Å². The van der Waals surface area contributed by atoms with E-state index in [9.17, 15) is 0 Å². The number of ether oxygens (including phenoxy) is 2. The second-order valence-electron chi connectivity index (χ2n) is 9.95. The van der Waals surface area contributed by atoms with Crippen LogP contribution in [-0.2, 0) is 0 Å². The number of rotatable bonds is 11. The fourth-order valence-electron chi connectivity index (χ4n) is 4.41. The molecule has 0 amide bonds. The van der Waals surface area contributed by atoms with E-state index in [0.29, 0.717) is 34.5 Å². The lowest BCUT2D eigenvalue weighted by atomic mass is 10.0. The first kappa shape index (κ1) is 32.0. The van der Waals surface area contributed by atoms with Gasteiger partial charge in [-0.1, -0.05) is 60.7 Å². The Bertz CT molecular complexity index is 1900. The quantitative estimate of drug-likeness (QED) is 0.0617. The number of nitrogens with zero attached hydrogens (tertiary/aromatic N) is 6. The summed E-state index contributed by atoms with van der Waals surface area (Å²) in [5.74, 6) is 2.03. The van der Waals surface area contributed by atoms with Crippen molar-refractivity contribution in [3.63, 3.8) is 0 Å². The molecular formula is C36H30N8O2S2. The van der Waals surface area contributed by atoms with Crippen molar-refractivity contribution >= 4 is 57.1 Å². The molecule has 0 spiro atoms. The van der Waals surface area contributed by atoms with Crippen LogP contribution in [0.1, 0.15) is 9.75 Å². The standard InChI is InChI=1S/C36H30N8O2S2/c1-45-31-23-25(17-19-29(31)39-43-35(33-15-9-21-47-33)41-37-27-11-5-3-6-12-27)26-18-20-30(32(24-26)46-2)40-44-36(34-16-10-22-48-34)42-38-28-13-7-4-8-14-28/h3-24,37-38H,1-2H3/b41-35+,42-36+,43-39?,44-40?. The summed E-state index contributed by atoms with van der Waals surface area (Å²) >= 11 is 3.06. The van der Waals surface area contributed by atoms with E-state index in [4.69, 9.17) is 9.47 Å². The van der Waals surface area contributed by atoms with Gasteiger partial charge in [0.2, 0.25) is 11.7 Å². The Hall–Kier alpha value is -5.98. The number of benzene rings is 4. The zero-order valence-corrected chi connectivity index (χ0v) is 27.7. The van der Waals surface area contributed by atoms with Crippen LogP contribution in [0, 0.1) is 0 Å². The molecule has 6 aromatic rings. The second-order valence-corrected chi connectivity index (χ2v) is 11.8. The molecule has 6 rings (SSSR count). The predicted molar refractivity (Wildman–Crippen MR) is 196 cm³/mol. The molecule has 0 aliphatic heterocycles. The topological polar surface area (TPSA) is 117 Å². The van der Waals surface area contributed by atoms with Gasteiger partial charge >= 0.3 is 0 Å². The van der Waals surface area contributed by atoms with E-state index in [2.05, 4.69) is 41.5 Å². The Balaban J connectivity index is 1.23. The highest BCUT2D eigenvalue weighted by atomic mass is 32.1. The second kappa shape index (κ2) is 16.0. The van der Waals surface area contributed by atoms with Crippen LogP contribution in [0.25, 0.3) is 11.1 Å². The van der Waals surface area contributed by atoms with Crippen molar-refractivity contribution in [1.82, 2.24) is 0 Å². The number of amidine groups is 2. The van der Waals surface area contributed by atoms with Crippen molar-refractivity contribution in [1.29, 1.82) is 0 Å². The number of hydrogen-bond donors (Lipinski definition) is 2. The molecule has 0 atom stereocenters. The highest BCUT2D eigenvalue weighted by Gasteiger charge is 2.12. The lowest BCUT2D eigenvalue weighted by Crippen LogP contribution is -1.99.